The zero-order chi connectivity index (χ0) is 19.0. The first-order valence-electron chi connectivity index (χ1n) is 7.99. The van der Waals surface area contributed by atoms with E-state index in [0.29, 0.717) is 0 Å². The molecule has 0 aliphatic rings. The minimum Gasteiger partial charge on any atom is -0.207 e. The molecule has 0 amide bonds. The molecule has 0 fully saturated rings. The minimum absolute atomic E-state index is 0.0573. The summed E-state index contributed by atoms with van der Waals surface area (Å²) in [6.45, 7) is 3.74. The summed E-state index contributed by atoms with van der Waals surface area (Å²) in [5.41, 5.74) is 2.55. The Balaban J connectivity index is 2.24. The summed E-state index contributed by atoms with van der Waals surface area (Å²) >= 11 is 0. The Morgan fingerprint density at radius 2 is 1.50 bits per heavy atom. The first-order valence-corrected chi connectivity index (χ1v) is 9.43. The molecule has 0 saturated carbocycles. The van der Waals surface area contributed by atoms with Crippen LogP contribution in [0.3, 0.4) is 0 Å². The van der Waals surface area contributed by atoms with Crippen molar-refractivity contribution in [2.75, 3.05) is 13.1 Å². The second-order valence-corrected chi connectivity index (χ2v) is 7.47. The van der Waals surface area contributed by atoms with Crippen molar-refractivity contribution in [1.82, 2.24) is 4.31 Å². The maximum Gasteiger partial charge on any atom is 0.244 e. The lowest BCUT2D eigenvalue weighted by atomic mass is 10.1. The van der Waals surface area contributed by atoms with Crippen LogP contribution in [0, 0.1) is 42.9 Å². The Morgan fingerprint density at radius 3 is 2.08 bits per heavy atom. The van der Waals surface area contributed by atoms with Crippen molar-refractivity contribution in [2.24, 2.45) is 0 Å². The van der Waals surface area contributed by atoms with Crippen molar-refractivity contribution < 1.29 is 8.42 Å². The lowest BCUT2D eigenvalue weighted by molar-refractivity contribution is 0.482. The number of hydrogen-bond acceptors (Lipinski definition) is 2. The summed E-state index contributed by atoms with van der Waals surface area (Å²) in [4.78, 5) is 0.237. The van der Waals surface area contributed by atoms with Gasteiger partial charge in [0, 0.05) is 11.1 Å². The summed E-state index contributed by atoms with van der Waals surface area (Å²) in [7, 11) is -3.65. The van der Waals surface area contributed by atoms with Crippen LogP contribution in [0.1, 0.15) is 23.6 Å². The monoisotopic (exact) mass is 361 g/mol. The van der Waals surface area contributed by atoms with Gasteiger partial charge < -0.3 is 0 Å². The predicted molar refractivity (Wildman–Crippen MR) is 105 cm³/mol. The van der Waals surface area contributed by atoms with E-state index in [2.05, 4.69) is 29.6 Å². The van der Waals surface area contributed by atoms with Gasteiger partial charge in [-0.15, -0.1) is 12.3 Å². The van der Waals surface area contributed by atoms with Gasteiger partial charge in [0.25, 0.3) is 0 Å². The Bertz CT molecular complexity index is 1020. The maximum absolute atomic E-state index is 12.8. The van der Waals surface area contributed by atoms with Crippen molar-refractivity contribution in [3.63, 3.8) is 0 Å². The molecule has 0 heterocycles. The summed E-state index contributed by atoms with van der Waals surface area (Å²) in [6, 6.07) is 14.0. The third kappa shape index (κ3) is 5.01. The van der Waals surface area contributed by atoms with E-state index < -0.39 is 10.0 Å². The molecule has 0 radical (unpaired) electrons. The van der Waals surface area contributed by atoms with Crippen LogP contribution in [-0.4, -0.2) is 25.8 Å². The molecular formula is C22H19NO2S. The van der Waals surface area contributed by atoms with Crippen LogP contribution in [0.4, 0.5) is 0 Å². The average Bonchev–Trinajstić information content (AvgIpc) is 2.65. The molecule has 130 valence electrons. The number of sulfonamides is 1. The first-order chi connectivity index (χ1) is 12.5. The van der Waals surface area contributed by atoms with Crippen LogP contribution in [0.5, 0.6) is 0 Å². The van der Waals surface area contributed by atoms with Crippen LogP contribution in [0.15, 0.2) is 53.4 Å². The summed E-state index contributed by atoms with van der Waals surface area (Å²) in [6.07, 6.45) is 5.33. The van der Waals surface area contributed by atoms with Crippen LogP contribution in [0.2, 0.25) is 0 Å². The summed E-state index contributed by atoms with van der Waals surface area (Å²) < 4.78 is 27.0. The fraction of sp³-hybridized carbons (Fsp3) is 0.182. The molecule has 3 nitrogen and oxygen atoms in total. The van der Waals surface area contributed by atoms with Crippen molar-refractivity contribution >= 4 is 10.0 Å². The van der Waals surface area contributed by atoms with Gasteiger partial charge in [-0.25, -0.2) is 8.42 Å². The van der Waals surface area contributed by atoms with Gasteiger partial charge in [0.05, 0.1) is 18.0 Å². The highest BCUT2D eigenvalue weighted by molar-refractivity contribution is 7.89. The molecule has 0 atom stereocenters. The minimum atomic E-state index is -3.65. The second kappa shape index (κ2) is 8.93. The van der Waals surface area contributed by atoms with E-state index in [1.165, 1.54) is 4.31 Å². The molecule has 0 saturated heterocycles. The van der Waals surface area contributed by atoms with Gasteiger partial charge in [0.2, 0.25) is 10.0 Å². The molecule has 2 rings (SSSR count). The largest absolute Gasteiger partial charge is 0.244 e. The fourth-order valence-electron chi connectivity index (χ4n) is 2.13. The molecule has 2 aromatic rings. The van der Waals surface area contributed by atoms with Crippen LogP contribution < -0.4 is 0 Å². The van der Waals surface area contributed by atoms with E-state index in [-0.39, 0.29) is 18.0 Å². The number of nitrogens with zero attached hydrogens (tertiary/aromatic N) is 1. The van der Waals surface area contributed by atoms with Crippen molar-refractivity contribution in [1.29, 1.82) is 0 Å². The van der Waals surface area contributed by atoms with E-state index in [4.69, 9.17) is 6.42 Å². The molecule has 0 N–H and O–H groups in total. The Labute approximate surface area is 156 Å². The number of terminal acetylenes is 1. The first kappa shape index (κ1) is 19.4. The van der Waals surface area contributed by atoms with Gasteiger partial charge in [-0.05, 0) is 50.2 Å². The Hall–Kier alpha value is -2.97. The van der Waals surface area contributed by atoms with E-state index in [9.17, 15) is 8.42 Å². The number of rotatable bonds is 4. The van der Waals surface area contributed by atoms with Crippen LogP contribution >= 0.6 is 0 Å². The zero-order valence-electron chi connectivity index (χ0n) is 14.8. The molecule has 0 unspecified atom stereocenters. The van der Waals surface area contributed by atoms with Gasteiger partial charge >= 0.3 is 0 Å². The summed E-state index contributed by atoms with van der Waals surface area (Å²) in [5.74, 6) is 14.0. The van der Waals surface area contributed by atoms with Gasteiger partial charge in [-0.1, -0.05) is 41.4 Å². The standard InChI is InChI=1S/C22H19NO2S/c1-4-6-17-23(26(24,25)22-15-9-19(3)10-16-22)18-7-8-21-13-11-20(5-2)12-14-21/h2,9-16H,17-18H2,1,3H3. The molecule has 2 aromatic carbocycles. The molecule has 4 heteroatoms. The molecule has 0 spiro atoms. The molecule has 26 heavy (non-hydrogen) atoms. The third-order valence-corrected chi connectivity index (χ3v) is 5.44. The van der Waals surface area contributed by atoms with Gasteiger partial charge in [0.15, 0.2) is 0 Å². The van der Waals surface area contributed by atoms with Crippen molar-refractivity contribution in [2.45, 2.75) is 18.7 Å². The van der Waals surface area contributed by atoms with E-state index in [0.717, 1.165) is 16.7 Å². The topological polar surface area (TPSA) is 37.4 Å². The van der Waals surface area contributed by atoms with E-state index in [1.807, 2.05) is 19.1 Å². The normalized spacial score (nSPS) is 10.2. The molecule has 0 bridgehead atoms. The quantitative estimate of drug-likeness (QED) is 0.785. The number of benzene rings is 2. The fourth-order valence-corrected chi connectivity index (χ4v) is 3.38. The van der Waals surface area contributed by atoms with Crippen molar-refractivity contribution in [3.8, 4) is 36.0 Å². The molecule has 0 aromatic heterocycles. The van der Waals surface area contributed by atoms with E-state index in [1.54, 1.807) is 43.3 Å². The van der Waals surface area contributed by atoms with Gasteiger partial charge in [0.1, 0.15) is 0 Å². The highest BCUT2D eigenvalue weighted by Gasteiger charge is 2.22. The second-order valence-electron chi connectivity index (χ2n) is 5.54. The van der Waals surface area contributed by atoms with Crippen LogP contribution in [-0.2, 0) is 10.0 Å². The SMILES string of the molecule is C#Cc1ccc(C#CCN(CC#CC)S(=O)(=O)c2ccc(C)cc2)cc1. The highest BCUT2D eigenvalue weighted by atomic mass is 32.2. The maximum atomic E-state index is 12.8. The van der Waals surface area contributed by atoms with E-state index >= 15 is 0 Å². The lowest BCUT2D eigenvalue weighted by Crippen LogP contribution is -2.32. The zero-order valence-corrected chi connectivity index (χ0v) is 15.6. The van der Waals surface area contributed by atoms with Gasteiger partial charge in [-0.3, -0.25) is 0 Å². The Kier molecular flexibility index (Phi) is 6.65. The van der Waals surface area contributed by atoms with Crippen LogP contribution in [0.25, 0.3) is 0 Å². The third-order valence-electron chi connectivity index (χ3n) is 3.63. The Morgan fingerprint density at radius 1 is 0.923 bits per heavy atom. The predicted octanol–water partition coefficient (Wildman–Crippen LogP) is 3.04. The average molecular weight is 361 g/mol. The molecular weight excluding hydrogens is 342 g/mol. The smallest absolute Gasteiger partial charge is 0.207 e. The van der Waals surface area contributed by atoms with Gasteiger partial charge in [-0.2, -0.15) is 4.31 Å². The molecule has 0 aliphatic carbocycles. The lowest BCUT2D eigenvalue weighted by Gasteiger charge is -2.17. The summed E-state index contributed by atoms with van der Waals surface area (Å²) in [5, 5.41) is 0. The number of hydrogen-bond donors (Lipinski definition) is 0. The molecule has 0 aliphatic heterocycles. The number of aryl methyl sites for hydroxylation is 1. The van der Waals surface area contributed by atoms with Crippen molar-refractivity contribution in [3.05, 3.63) is 65.2 Å². The highest BCUT2D eigenvalue weighted by Crippen LogP contribution is 2.15.